The van der Waals surface area contributed by atoms with Crippen molar-refractivity contribution in [2.75, 3.05) is 18.2 Å². The Morgan fingerprint density at radius 2 is 2.04 bits per heavy atom. The number of amides is 1. The molecule has 0 radical (unpaired) electrons. The van der Waals surface area contributed by atoms with Gasteiger partial charge in [-0.15, -0.1) is 22.7 Å². The average molecular weight is 448 g/mol. The molecule has 142 valence electrons. The fourth-order valence-corrected chi connectivity index (χ4v) is 5.20. The maximum absolute atomic E-state index is 12.3. The van der Waals surface area contributed by atoms with Crippen molar-refractivity contribution in [2.45, 2.75) is 4.34 Å². The van der Waals surface area contributed by atoms with Crippen LogP contribution in [0.3, 0.4) is 0 Å². The van der Waals surface area contributed by atoms with Gasteiger partial charge < -0.3 is 10.1 Å². The molecule has 0 aliphatic rings. The summed E-state index contributed by atoms with van der Waals surface area (Å²) in [5, 5.41) is 6.00. The van der Waals surface area contributed by atoms with Crippen LogP contribution < -0.4 is 10.1 Å². The SMILES string of the molecule is COc1ccc(-c2csc(NC(=O)CSc3nc4cc(Cl)ccc4s3)n2)cc1. The highest BCUT2D eigenvalue weighted by molar-refractivity contribution is 8.01. The minimum Gasteiger partial charge on any atom is -0.497 e. The van der Waals surface area contributed by atoms with Gasteiger partial charge >= 0.3 is 0 Å². The van der Waals surface area contributed by atoms with Gasteiger partial charge in [-0.2, -0.15) is 0 Å². The highest BCUT2D eigenvalue weighted by Gasteiger charge is 2.11. The second kappa shape index (κ2) is 8.48. The van der Waals surface area contributed by atoms with E-state index in [4.69, 9.17) is 16.3 Å². The van der Waals surface area contributed by atoms with E-state index in [1.54, 1.807) is 18.4 Å². The lowest BCUT2D eigenvalue weighted by Crippen LogP contribution is -2.13. The van der Waals surface area contributed by atoms with Gasteiger partial charge in [0.25, 0.3) is 0 Å². The summed E-state index contributed by atoms with van der Waals surface area (Å²) in [6.07, 6.45) is 0. The lowest BCUT2D eigenvalue weighted by atomic mass is 10.2. The van der Waals surface area contributed by atoms with Crippen molar-refractivity contribution in [1.29, 1.82) is 0 Å². The summed E-state index contributed by atoms with van der Waals surface area (Å²) in [7, 11) is 1.63. The Morgan fingerprint density at radius 1 is 1.21 bits per heavy atom. The van der Waals surface area contributed by atoms with Crippen LogP contribution in [0.1, 0.15) is 0 Å². The molecule has 2 aromatic carbocycles. The van der Waals surface area contributed by atoms with Gasteiger partial charge in [0.2, 0.25) is 5.91 Å². The standard InChI is InChI=1S/C19H14ClN3O2S3/c1-25-13-5-2-11(3-6-13)15-9-26-18(21-15)23-17(24)10-27-19-22-14-8-12(20)4-7-16(14)28-19/h2-9H,10H2,1H3,(H,21,23,24). The first-order chi connectivity index (χ1) is 13.6. The fourth-order valence-electron chi connectivity index (χ4n) is 2.45. The lowest BCUT2D eigenvalue weighted by molar-refractivity contribution is -0.113. The normalized spacial score (nSPS) is 10.9. The van der Waals surface area contributed by atoms with Crippen LogP contribution in [-0.2, 0) is 4.79 Å². The molecule has 0 unspecified atom stereocenters. The minimum absolute atomic E-state index is 0.113. The summed E-state index contributed by atoms with van der Waals surface area (Å²) in [6, 6.07) is 13.3. The molecule has 4 rings (SSSR count). The van der Waals surface area contributed by atoms with E-state index in [0.717, 1.165) is 31.6 Å². The topological polar surface area (TPSA) is 64.1 Å². The number of thioether (sulfide) groups is 1. The molecular weight excluding hydrogens is 434 g/mol. The Labute approximate surface area is 178 Å². The lowest BCUT2D eigenvalue weighted by Gasteiger charge is -2.01. The van der Waals surface area contributed by atoms with Gasteiger partial charge in [0.15, 0.2) is 9.47 Å². The molecule has 0 aliphatic carbocycles. The van der Waals surface area contributed by atoms with Gasteiger partial charge in [0.1, 0.15) is 5.75 Å². The van der Waals surface area contributed by atoms with Crippen LogP contribution in [0.15, 0.2) is 52.2 Å². The number of nitrogens with one attached hydrogen (secondary N) is 1. The molecule has 28 heavy (non-hydrogen) atoms. The average Bonchev–Trinajstić information content (AvgIpc) is 3.32. The number of aromatic nitrogens is 2. The molecule has 0 saturated carbocycles. The third-order valence-electron chi connectivity index (χ3n) is 3.79. The number of hydrogen-bond donors (Lipinski definition) is 1. The predicted octanol–water partition coefficient (Wildman–Crippen LogP) is 5.81. The van der Waals surface area contributed by atoms with Crippen LogP contribution in [0.4, 0.5) is 5.13 Å². The number of methoxy groups -OCH3 is 1. The third-order valence-corrected chi connectivity index (χ3v) is 6.97. The number of rotatable bonds is 6. The Hall–Kier alpha value is -2.13. The van der Waals surface area contributed by atoms with Gasteiger partial charge in [-0.1, -0.05) is 23.4 Å². The Morgan fingerprint density at radius 3 is 2.82 bits per heavy atom. The molecule has 9 heteroatoms. The van der Waals surface area contributed by atoms with Gasteiger partial charge in [-0.05, 0) is 42.5 Å². The highest BCUT2D eigenvalue weighted by atomic mass is 35.5. The van der Waals surface area contributed by atoms with Crippen LogP contribution in [0.5, 0.6) is 5.75 Å². The zero-order chi connectivity index (χ0) is 19.5. The zero-order valence-corrected chi connectivity index (χ0v) is 17.8. The van der Waals surface area contributed by atoms with Crippen molar-refractivity contribution in [1.82, 2.24) is 9.97 Å². The molecule has 2 aromatic heterocycles. The quantitative estimate of drug-likeness (QED) is 0.378. The first-order valence-corrected chi connectivity index (χ1v) is 11.3. The maximum atomic E-state index is 12.3. The first kappa shape index (κ1) is 19.2. The minimum atomic E-state index is -0.113. The smallest absolute Gasteiger partial charge is 0.236 e. The van der Waals surface area contributed by atoms with E-state index in [1.807, 2.05) is 47.8 Å². The van der Waals surface area contributed by atoms with Crippen LogP contribution >= 0.6 is 46.0 Å². The fraction of sp³-hybridized carbons (Fsp3) is 0.105. The van der Waals surface area contributed by atoms with Gasteiger partial charge in [-0.25, -0.2) is 9.97 Å². The number of halogens is 1. The van der Waals surface area contributed by atoms with E-state index in [-0.39, 0.29) is 11.7 Å². The van der Waals surface area contributed by atoms with E-state index < -0.39 is 0 Å². The number of fused-ring (bicyclic) bond motifs is 1. The van der Waals surface area contributed by atoms with Crippen LogP contribution in [0.2, 0.25) is 5.02 Å². The molecule has 0 atom stereocenters. The number of ether oxygens (including phenoxy) is 1. The number of nitrogens with zero attached hydrogens (tertiary/aromatic N) is 2. The predicted molar refractivity (Wildman–Crippen MR) is 118 cm³/mol. The van der Waals surface area contributed by atoms with Crippen molar-refractivity contribution in [3.8, 4) is 17.0 Å². The monoisotopic (exact) mass is 447 g/mol. The molecule has 2 heterocycles. The van der Waals surface area contributed by atoms with Crippen molar-refractivity contribution in [3.05, 3.63) is 52.9 Å². The summed E-state index contributed by atoms with van der Waals surface area (Å²) in [6.45, 7) is 0. The molecule has 0 bridgehead atoms. The van der Waals surface area contributed by atoms with Crippen molar-refractivity contribution in [2.24, 2.45) is 0 Å². The number of thiazole rings is 2. The molecule has 0 aliphatic heterocycles. The van der Waals surface area contributed by atoms with E-state index in [0.29, 0.717) is 10.2 Å². The summed E-state index contributed by atoms with van der Waals surface area (Å²) in [5.41, 5.74) is 2.64. The summed E-state index contributed by atoms with van der Waals surface area (Å²) in [5.74, 6) is 0.949. The highest BCUT2D eigenvalue weighted by Crippen LogP contribution is 2.31. The second-order valence-corrected chi connectivity index (χ2v) is 9.24. The molecule has 5 nitrogen and oxygen atoms in total. The number of benzene rings is 2. The number of hydrogen-bond acceptors (Lipinski definition) is 7. The number of carbonyl (C=O) groups is 1. The van der Waals surface area contributed by atoms with Gasteiger partial charge in [-0.3, -0.25) is 4.79 Å². The Kier molecular flexibility index (Phi) is 5.82. The van der Waals surface area contributed by atoms with E-state index >= 15 is 0 Å². The van der Waals surface area contributed by atoms with E-state index in [2.05, 4.69) is 15.3 Å². The van der Waals surface area contributed by atoms with Gasteiger partial charge in [0.05, 0.1) is 28.8 Å². The van der Waals surface area contributed by atoms with Crippen LogP contribution in [0, 0.1) is 0 Å². The number of carbonyl (C=O) groups excluding carboxylic acids is 1. The summed E-state index contributed by atoms with van der Waals surface area (Å²) < 4.78 is 7.05. The Bertz CT molecular complexity index is 1130. The summed E-state index contributed by atoms with van der Waals surface area (Å²) >= 11 is 10.3. The molecular formula is C19H14ClN3O2S3. The zero-order valence-electron chi connectivity index (χ0n) is 14.6. The number of anilines is 1. The van der Waals surface area contributed by atoms with Gasteiger partial charge in [0, 0.05) is 16.0 Å². The molecule has 1 amide bonds. The van der Waals surface area contributed by atoms with Crippen LogP contribution in [0.25, 0.3) is 21.5 Å². The molecule has 0 fully saturated rings. The van der Waals surface area contributed by atoms with Crippen molar-refractivity contribution >= 4 is 67.3 Å². The molecule has 1 N–H and O–H groups in total. The molecule has 0 saturated heterocycles. The maximum Gasteiger partial charge on any atom is 0.236 e. The largest absolute Gasteiger partial charge is 0.497 e. The van der Waals surface area contributed by atoms with Crippen LogP contribution in [-0.4, -0.2) is 28.7 Å². The van der Waals surface area contributed by atoms with Crippen molar-refractivity contribution in [3.63, 3.8) is 0 Å². The third kappa shape index (κ3) is 4.47. The van der Waals surface area contributed by atoms with Crippen molar-refractivity contribution < 1.29 is 9.53 Å². The Balaban J connectivity index is 1.36. The first-order valence-electron chi connectivity index (χ1n) is 8.19. The second-order valence-electron chi connectivity index (χ2n) is 5.70. The summed E-state index contributed by atoms with van der Waals surface area (Å²) in [4.78, 5) is 21.2. The molecule has 4 aromatic rings. The van der Waals surface area contributed by atoms with E-state index in [1.165, 1.54) is 23.1 Å². The van der Waals surface area contributed by atoms with E-state index in [9.17, 15) is 4.79 Å². The molecule has 0 spiro atoms.